The Morgan fingerprint density at radius 2 is 1.81 bits per heavy atom. The standard InChI is InChI=1S/C11H12N2O3/c1-2-6-14-9-5-4-8-10(13-16-12-8)11(9)15-7-3-1/h4-5H,1-3,6-7H2. The summed E-state index contributed by atoms with van der Waals surface area (Å²) >= 11 is 0. The Kier molecular flexibility index (Phi) is 2.36. The van der Waals surface area contributed by atoms with Crippen molar-refractivity contribution in [3.63, 3.8) is 0 Å². The first-order valence-electron chi connectivity index (χ1n) is 5.46. The molecule has 5 nitrogen and oxygen atoms in total. The third-order valence-electron chi connectivity index (χ3n) is 2.64. The van der Waals surface area contributed by atoms with Crippen LogP contribution in [-0.2, 0) is 0 Å². The summed E-state index contributed by atoms with van der Waals surface area (Å²) in [5.74, 6) is 1.38. The Morgan fingerprint density at radius 3 is 2.75 bits per heavy atom. The van der Waals surface area contributed by atoms with Crippen molar-refractivity contribution >= 4 is 11.0 Å². The second-order valence-corrected chi connectivity index (χ2v) is 3.78. The topological polar surface area (TPSA) is 57.4 Å². The lowest BCUT2D eigenvalue weighted by atomic mass is 10.2. The molecular formula is C11H12N2O3. The largest absolute Gasteiger partial charge is 0.490 e. The maximum Gasteiger partial charge on any atom is 0.192 e. The molecule has 0 fully saturated rings. The van der Waals surface area contributed by atoms with E-state index in [1.54, 1.807) is 0 Å². The minimum atomic E-state index is 0.638. The van der Waals surface area contributed by atoms with E-state index in [1.165, 1.54) is 0 Å². The van der Waals surface area contributed by atoms with Gasteiger partial charge in [-0.15, -0.1) is 0 Å². The summed E-state index contributed by atoms with van der Waals surface area (Å²) in [6.07, 6.45) is 3.20. The van der Waals surface area contributed by atoms with E-state index in [0.717, 1.165) is 25.0 Å². The van der Waals surface area contributed by atoms with Crippen molar-refractivity contribution in [1.29, 1.82) is 0 Å². The van der Waals surface area contributed by atoms with Crippen LogP contribution in [0.15, 0.2) is 16.8 Å². The van der Waals surface area contributed by atoms with Gasteiger partial charge in [-0.05, 0) is 41.7 Å². The molecule has 16 heavy (non-hydrogen) atoms. The lowest BCUT2D eigenvalue weighted by Crippen LogP contribution is -1.98. The third-order valence-corrected chi connectivity index (χ3v) is 2.64. The Bertz CT molecular complexity index is 495. The lowest BCUT2D eigenvalue weighted by Gasteiger charge is -2.09. The number of hydrogen-bond acceptors (Lipinski definition) is 5. The van der Waals surface area contributed by atoms with Gasteiger partial charge in [0.2, 0.25) is 0 Å². The summed E-state index contributed by atoms with van der Waals surface area (Å²) in [7, 11) is 0. The summed E-state index contributed by atoms with van der Waals surface area (Å²) in [6.45, 7) is 1.40. The van der Waals surface area contributed by atoms with Gasteiger partial charge in [0.15, 0.2) is 17.0 Å². The van der Waals surface area contributed by atoms with Crippen molar-refractivity contribution in [2.75, 3.05) is 13.2 Å². The van der Waals surface area contributed by atoms with Crippen LogP contribution in [-0.4, -0.2) is 23.5 Å². The average molecular weight is 220 g/mol. The molecule has 2 heterocycles. The van der Waals surface area contributed by atoms with E-state index in [4.69, 9.17) is 14.1 Å². The zero-order valence-corrected chi connectivity index (χ0v) is 8.81. The minimum absolute atomic E-state index is 0.638. The van der Waals surface area contributed by atoms with Crippen molar-refractivity contribution in [3.8, 4) is 11.5 Å². The molecule has 0 N–H and O–H groups in total. The molecule has 3 rings (SSSR count). The van der Waals surface area contributed by atoms with Gasteiger partial charge in [-0.1, -0.05) is 0 Å². The van der Waals surface area contributed by atoms with E-state index in [1.807, 2.05) is 12.1 Å². The van der Waals surface area contributed by atoms with E-state index in [-0.39, 0.29) is 0 Å². The minimum Gasteiger partial charge on any atom is -0.490 e. The first kappa shape index (κ1) is 9.45. The van der Waals surface area contributed by atoms with Crippen molar-refractivity contribution in [2.24, 2.45) is 0 Å². The first-order valence-corrected chi connectivity index (χ1v) is 5.46. The van der Waals surface area contributed by atoms with Crippen LogP contribution >= 0.6 is 0 Å². The van der Waals surface area contributed by atoms with Gasteiger partial charge in [0.05, 0.1) is 13.2 Å². The molecule has 1 aliphatic heterocycles. The van der Waals surface area contributed by atoms with Gasteiger partial charge in [0, 0.05) is 0 Å². The molecule has 0 unspecified atom stereocenters. The maximum absolute atomic E-state index is 5.69. The number of nitrogens with zero attached hydrogens (tertiary/aromatic N) is 2. The molecule has 1 aromatic heterocycles. The van der Waals surface area contributed by atoms with Crippen LogP contribution in [0.2, 0.25) is 0 Å². The quantitative estimate of drug-likeness (QED) is 0.681. The molecular weight excluding hydrogens is 208 g/mol. The van der Waals surface area contributed by atoms with Crippen LogP contribution in [0.4, 0.5) is 0 Å². The molecule has 0 saturated heterocycles. The summed E-state index contributed by atoms with van der Waals surface area (Å²) < 4.78 is 16.0. The molecule has 0 bridgehead atoms. The zero-order chi connectivity index (χ0) is 10.8. The van der Waals surface area contributed by atoms with Gasteiger partial charge >= 0.3 is 0 Å². The molecule has 2 aromatic rings. The van der Waals surface area contributed by atoms with Crippen molar-refractivity contribution in [3.05, 3.63) is 12.1 Å². The van der Waals surface area contributed by atoms with E-state index in [9.17, 15) is 0 Å². The Labute approximate surface area is 92.3 Å². The molecule has 0 spiro atoms. The van der Waals surface area contributed by atoms with E-state index < -0.39 is 0 Å². The summed E-state index contributed by atoms with van der Waals surface area (Å²) in [5, 5.41) is 7.63. The highest BCUT2D eigenvalue weighted by atomic mass is 16.6. The van der Waals surface area contributed by atoms with Crippen LogP contribution < -0.4 is 9.47 Å². The normalized spacial score (nSPS) is 16.5. The lowest BCUT2D eigenvalue weighted by molar-refractivity contribution is 0.286. The number of fused-ring (bicyclic) bond motifs is 3. The van der Waals surface area contributed by atoms with Crippen LogP contribution in [0.5, 0.6) is 11.5 Å². The van der Waals surface area contributed by atoms with Crippen LogP contribution in [0.25, 0.3) is 11.0 Å². The van der Waals surface area contributed by atoms with Crippen LogP contribution in [0, 0.1) is 0 Å². The van der Waals surface area contributed by atoms with Crippen LogP contribution in [0.1, 0.15) is 19.3 Å². The van der Waals surface area contributed by atoms with Gasteiger partial charge < -0.3 is 9.47 Å². The number of hydrogen-bond donors (Lipinski definition) is 0. The highest BCUT2D eigenvalue weighted by Crippen LogP contribution is 2.34. The van der Waals surface area contributed by atoms with Gasteiger partial charge in [-0.25, -0.2) is 4.63 Å². The van der Waals surface area contributed by atoms with Gasteiger partial charge in [-0.2, -0.15) is 0 Å². The predicted molar refractivity (Wildman–Crippen MR) is 56.6 cm³/mol. The summed E-state index contributed by atoms with van der Waals surface area (Å²) in [6, 6.07) is 3.68. The van der Waals surface area contributed by atoms with Crippen molar-refractivity contribution < 1.29 is 14.1 Å². The van der Waals surface area contributed by atoms with E-state index in [2.05, 4.69) is 10.3 Å². The molecule has 84 valence electrons. The smallest absolute Gasteiger partial charge is 0.192 e. The number of rotatable bonds is 0. The second-order valence-electron chi connectivity index (χ2n) is 3.78. The highest BCUT2D eigenvalue weighted by molar-refractivity contribution is 5.83. The fourth-order valence-electron chi connectivity index (χ4n) is 1.80. The molecule has 5 heteroatoms. The molecule has 0 amide bonds. The van der Waals surface area contributed by atoms with Gasteiger partial charge in [-0.3, -0.25) is 0 Å². The molecule has 0 atom stereocenters. The molecule has 0 aliphatic carbocycles. The van der Waals surface area contributed by atoms with Crippen molar-refractivity contribution in [1.82, 2.24) is 10.3 Å². The average Bonchev–Trinajstić information content (AvgIpc) is 2.80. The van der Waals surface area contributed by atoms with E-state index >= 15 is 0 Å². The fourth-order valence-corrected chi connectivity index (χ4v) is 1.80. The van der Waals surface area contributed by atoms with Gasteiger partial charge in [0.25, 0.3) is 0 Å². The number of aromatic nitrogens is 2. The Balaban J connectivity index is 2.08. The molecule has 0 saturated carbocycles. The predicted octanol–water partition coefficient (Wildman–Crippen LogP) is 2.16. The Morgan fingerprint density at radius 1 is 0.938 bits per heavy atom. The second kappa shape index (κ2) is 4.00. The van der Waals surface area contributed by atoms with Crippen LogP contribution in [0.3, 0.4) is 0 Å². The zero-order valence-electron chi connectivity index (χ0n) is 8.81. The summed E-state index contributed by atoms with van der Waals surface area (Å²) in [4.78, 5) is 0. The monoisotopic (exact) mass is 220 g/mol. The molecule has 1 aliphatic rings. The number of benzene rings is 1. The Hall–Kier alpha value is -1.78. The first-order chi connectivity index (χ1) is 7.95. The third kappa shape index (κ3) is 1.58. The summed E-state index contributed by atoms with van der Waals surface area (Å²) in [5.41, 5.74) is 1.33. The molecule has 1 aromatic carbocycles. The SMILES string of the molecule is c1cc2nonc2c2c1OCCCCCO2. The fraction of sp³-hybridized carbons (Fsp3) is 0.455. The maximum atomic E-state index is 5.69. The van der Waals surface area contributed by atoms with E-state index in [0.29, 0.717) is 30.0 Å². The van der Waals surface area contributed by atoms with Crippen molar-refractivity contribution in [2.45, 2.75) is 19.3 Å². The highest BCUT2D eigenvalue weighted by Gasteiger charge is 2.15. The number of ether oxygens (including phenoxy) is 2. The van der Waals surface area contributed by atoms with Gasteiger partial charge in [0.1, 0.15) is 5.52 Å². The molecule has 0 radical (unpaired) electrons.